The molecule has 4 rings (SSSR count). The Morgan fingerprint density at radius 3 is 2.38 bits per heavy atom. The first-order valence-electron chi connectivity index (χ1n) is 11.0. The minimum absolute atomic E-state index is 0.0876. The van der Waals surface area contributed by atoms with E-state index in [0.29, 0.717) is 35.0 Å². The molecule has 3 aromatic carbocycles. The Kier molecular flexibility index (Phi) is 6.63. The Morgan fingerprint density at radius 2 is 1.68 bits per heavy atom. The summed E-state index contributed by atoms with van der Waals surface area (Å²) < 4.78 is 25.0. The second-order valence-electron chi connectivity index (χ2n) is 7.92. The first-order valence-corrected chi connectivity index (χ1v) is 11.0. The van der Waals surface area contributed by atoms with Crippen LogP contribution in [0.3, 0.4) is 0 Å². The van der Waals surface area contributed by atoms with Crippen molar-refractivity contribution in [3.05, 3.63) is 89.9 Å². The van der Waals surface area contributed by atoms with Gasteiger partial charge in [-0.2, -0.15) is 0 Å². The van der Waals surface area contributed by atoms with Crippen molar-refractivity contribution in [1.29, 1.82) is 0 Å². The van der Waals surface area contributed by atoms with Crippen molar-refractivity contribution in [2.75, 3.05) is 16.8 Å². The van der Waals surface area contributed by atoms with Crippen molar-refractivity contribution in [1.82, 2.24) is 0 Å². The highest BCUT2D eigenvalue weighted by Crippen LogP contribution is 2.38. The summed E-state index contributed by atoms with van der Waals surface area (Å²) in [6.45, 7) is 6.10. The Morgan fingerprint density at radius 1 is 0.941 bits per heavy atom. The molecule has 1 N–H and O–H groups in total. The molecular weight excluding hydrogens is 435 g/mol. The van der Waals surface area contributed by atoms with Gasteiger partial charge < -0.3 is 14.8 Å². The van der Waals surface area contributed by atoms with Gasteiger partial charge in [0.25, 0.3) is 11.8 Å². The number of hydrogen-bond donors (Lipinski definition) is 1. The molecule has 0 atom stereocenters. The minimum Gasteiger partial charge on any atom is -0.494 e. The number of rotatable bonds is 8. The van der Waals surface area contributed by atoms with E-state index in [0.717, 1.165) is 4.90 Å². The lowest BCUT2D eigenvalue weighted by molar-refractivity contribution is -0.120. The lowest BCUT2D eigenvalue weighted by Crippen LogP contribution is -2.33. The molecular formula is C27H25FN2O4. The molecule has 0 unspecified atom stereocenters. The van der Waals surface area contributed by atoms with Crippen molar-refractivity contribution >= 4 is 28.8 Å². The quantitative estimate of drug-likeness (QED) is 0.456. The van der Waals surface area contributed by atoms with Gasteiger partial charge in [0, 0.05) is 11.8 Å². The van der Waals surface area contributed by atoms with Crippen LogP contribution in [0.25, 0.3) is 5.57 Å². The maximum Gasteiger partial charge on any atom is 0.282 e. The zero-order chi connectivity index (χ0) is 24.2. The molecule has 0 fully saturated rings. The molecule has 34 heavy (non-hydrogen) atoms. The summed E-state index contributed by atoms with van der Waals surface area (Å²) in [5.74, 6) is -0.462. The largest absolute Gasteiger partial charge is 0.494 e. The van der Waals surface area contributed by atoms with Crippen molar-refractivity contribution in [3.8, 4) is 11.5 Å². The van der Waals surface area contributed by atoms with Crippen LogP contribution in [-0.2, 0) is 9.59 Å². The normalized spacial score (nSPS) is 13.6. The van der Waals surface area contributed by atoms with Gasteiger partial charge in [0.05, 0.1) is 24.0 Å². The van der Waals surface area contributed by atoms with Gasteiger partial charge >= 0.3 is 0 Å². The molecule has 2 amide bonds. The number of ether oxygens (including phenoxy) is 2. The van der Waals surface area contributed by atoms with Gasteiger partial charge in [0.1, 0.15) is 23.0 Å². The summed E-state index contributed by atoms with van der Waals surface area (Å²) in [6.07, 6.45) is -0.155. The molecule has 0 bridgehead atoms. The molecule has 0 saturated carbocycles. The van der Waals surface area contributed by atoms with E-state index in [9.17, 15) is 14.0 Å². The number of amides is 2. The fourth-order valence-electron chi connectivity index (χ4n) is 3.72. The highest BCUT2D eigenvalue weighted by molar-refractivity contribution is 6.46. The maximum absolute atomic E-state index is 13.6. The smallest absolute Gasteiger partial charge is 0.282 e. The molecule has 0 radical (unpaired) electrons. The average molecular weight is 461 g/mol. The van der Waals surface area contributed by atoms with Gasteiger partial charge in [0.2, 0.25) is 0 Å². The van der Waals surface area contributed by atoms with E-state index in [-0.39, 0.29) is 17.4 Å². The number of nitrogens with one attached hydrogen (secondary N) is 1. The number of carbonyl (C=O) groups excluding carboxylic acids is 2. The van der Waals surface area contributed by atoms with Gasteiger partial charge in [-0.25, -0.2) is 9.29 Å². The molecule has 3 aromatic rings. The van der Waals surface area contributed by atoms with Gasteiger partial charge in [-0.05, 0) is 62.7 Å². The first kappa shape index (κ1) is 23.0. The van der Waals surface area contributed by atoms with Crippen LogP contribution in [0, 0.1) is 5.82 Å². The molecule has 1 aliphatic heterocycles. The van der Waals surface area contributed by atoms with Crippen molar-refractivity contribution in [3.63, 3.8) is 0 Å². The standard InChI is InChI=1S/C27H25FN2O4/c1-4-33-21-9-7-8-20(16-21)29-25-24(18-12-14-19(28)15-13-18)26(31)30(27(25)32)22-10-5-6-11-23(22)34-17(2)3/h5-17,29H,4H2,1-3H3. The molecule has 0 saturated heterocycles. The molecule has 0 aliphatic carbocycles. The molecule has 174 valence electrons. The van der Waals surface area contributed by atoms with Crippen LogP contribution in [0.5, 0.6) is 11.5 Å². The second-order valence-corrected chi connectivity index (χ2v) is 7.92. The summed E-state index contributed by atoms with van der Waals surface area (Å²) in [7, 11) is 0. The number of anilines is 2. The van der Waals surface area contributed by atoms with Crippen molar-refractivity contribution in [2.45, 2.75) is 26.9 Å². The number of carbonyl (C=O) groups is 2. The topological polar surface area (TPSA) is 67.9 Å². The van der Waals surface area contributed by atoms with E-state index in [1.165, 1.54) is 24.3 Å². The lowest BCUT2D eigenvalue weighted by atomic mass is 10.0. The van der Waals surface area contributed by atoms with E-state index in [4.69, 9.17) is 9.47 Å². The average Bonchev–Trinajstić information content (AvgIpc) is 3.04. The number of benzene rings is 3. The van der Waals surface area contributed by atoms with E-state index in [1.807, 2.05) is 20.8 Å². The number of para-hydroxylation sites is 2. The zero-order valence-electron chi connectivity index (χ0n) is 19.2. The van der Waals surface area contributed by atoms with Crippen LogP contribution >= 0.6 is 0 Å². The Balaban J connectivity index is 1.80. The van der Waals surface area contributed by atoms with Crippen LogP contribution in [0.15, 0.2) is 78.5 Å². The van der Waals surface area contributed by atoms with Crippen LogP contribution < -0.4 is 19.7 Å². The summed E-state index contributed by atoms with van der Waals surface area (Å²) in [6, 6.07) is 19.5. The van der Waals surface area contributed by atoms with Gasteiger partial charge in [-0.15, -0.1) is 0 Å². The van der Waals surface area contributed by atoms with E-state index in [1.54, 1.807) is 48.5 Å². The number of imide groups is 1. The van der Waals surface area contributed by atoms with Crippen LogP contribution in [0.4, 0.5) is 15.8 Å². The van der Waals surface area contributed by atoms with E-state index < -0.39 is 17.6 Å². The predicted molar refractivity (Wildman–Crippen MR) is 129 cm³/mol. The van der Waals surface area contributed by atoms with Crippen LogP contribution in [0.2, 0.25) is 0 Å². The molecule has 0 spiro atoms. The Hall–Kier alpha value is -4.13. The first-order chi connectivity index (χ1) is 16.4. The Labute approximate surface area is 197 Å². The molecule has 6 nitrogen and oxygen atoms in total. The third-order valence-electron chi connectivity index (χ3n) is 5.10. The number of halogens is 1. The molecule has 0 aromatic heterocycles. The zero-order valence-corrected chi connectivity index (χ0v) is 19.2. The molecule has 1 heterocycles. The van der Waals surface area contributed by atoms with E-state index >= 15 is 0 Å². The summed E-state index contributed by atoms with van der Waals surface area (Å²) in [4.78, 5) is 28.4. The van der Waals surface area contributed by atoms with Gasteiger partial charge in [0.15, 0.2) is 0 Å². The summed E-state index contributed by atoms with van der Waals surface area (Å²) in [5, 5.41) is 3.10. The third kappa shape index (κ3) is 4.64. The fourth-order valence-corrected chi connectivity index (χ4v) is 3.72. The monoisotopic (exact) mass is 460 g/mol. The maximum atomic E-state index is 13.6. The molecule has 1 aliphatic rings. The number of hydrogen-bond acceptors (Lipinski definition) is 5. The highest BCUT2D eigenvalue weighted by Gasteiger charge is 2.41. The van der Waals surface area contributed by atoms with Crippen LogP contribution in [-0.4, -0.2) is 24.5 Å². The minimum atomic E-state index is -0.536. The molecule has 7 heteroatoms. The third-order valence-corrected chi connectivity index (χ3v) is 5.10. The highest BCUT2D eigenvalue weighted by atomic mass is 19.1. The predicted octanol–water partition coefficient (Wildman–Crippen LogP) is 5.41. The SMILES string of the molecule is CCOc1cccc(NC2=C(c3ccc(F)cc3)C(=O)N(c3ccccc3OC(C)C)C2=O)c1. The van der Waals surface area contributed by atoms with Gasteiger partial charge in [-0.3, -0.25) is 9.59 Å². The summed E-state index contributed by atoms with van der Waals surface area (Å²) >= 11 is 0. The Bertz CT molecular complexity index is 1250. The van der Waals surface area contributed by atoms with Gasteiger partial charge in [-0.1, -0.05) is 30.3 Å². The lowest BCUT2D eigenvalue weighted by Gasteiger charge is -2.20. The van der Waals surface area contributed by atoms with Crippen molar-refractivity contribution < 1.29 is 23.5 Å². The van der Waals surface area contributed by atoms with E-state index in [2.05, 4.69) is 5.32 Å². The second kappa shape index (κ2) is 9.79. The number of nitrogens with zero attached hydrogens (tertiary/aromatic N) is 1. The van der Waals surface area contributed by atoms with Crippen molar-refractivity contribution in [2.24, 2.45) is 0 Å². The van der Waals surface area contributed by atoms with Crippen LogP contribution in [0.1, 0.15) is 26.3 Å². The fraction of sp³-hybridized carbons (Fsp3) is 0.185. The summed E-state index contributed by atoms with van der Waals surface area (Å²) in [5.41, 5.74) is 1.57.